The van der Waals surface area contributed by atoms with Crippen molar-refractivity contribution < 1.29 is 4.74 Å². The number of hydrogen-bond donors (Lipinski definition) is 1. The highest BCUT2D eigenvalue weighted by Gasteiger charge is 2.21. The fourth-order valence-corrected chi connectivity index (χ4v) is 2.43. The van der Waals surface area contributed by atoms with Crippen LogP contribution < -0.4 is 10.6 Å². The maximum Gasteiger partial charge on any atom is 0.0641 e. The van der Waals surface area contributed by atoms with Gasteiger partial charge in [0.2, 0.25) is 0 Å². The molecule has 0 aromatic heterocycles. The Labute approximate surface area is 110 Å². The first kappa shape index (κ1) is 13.4. The van der Waals surface area contributed by atoms with Crippen molar-refractivity contribution in [3.63, 3.8) is 0 Å². The number of para-hydroxylation sites is 1. The van der Waals surface area contributed by atoms with Crippen LogP contribution in [0.5, 0.6) is 0 Å². The van der Waals surface area contributed by atoms with E-state index in [1.54, 1.807) is 0 Å². The van der Waals surface area contributed by atoms with Gasteiger partial charge in [-0.1, -0.05) is 32.0 Å². The fourth-order valence-electron chi connectivity index (χ4n) is 2.43. The first-order valence-corrected chi connectivity index (χ1v) is 6.83. The lowest BCUT2D eigenvalue weighted by molar-refractivity contribution is 0.115. The predicted octanol–water partition coefficient (Wildman–Crippen LogP) is 2.05. The van der Waals surface area contributed by atoms with Crippen LogP contribution in [0.15, 0.2) is 24.3 Å². The number of rotatable bonds is 5. The summed E-state index contributed by atoms with van der Waals surface area (Å²) >= 11 is 0. The van der Waals surface area contributed by atoms with Gasteiger partial charge in [-0.2, -0.15) is 0 Å². The van der Waals surface area contributed by atoms with Gasteiger partial charge in [0, 0.05) is 31.4 Å². The number of fused-ring (bicyclic) bond motifs is 1. The minimum absolute atomic E-state index is 0.241. The number of hydrogen-bond acceptors (Lipinski definition) is 3. The standard InChI is InChI=1S/C15H24N2O/c1-12(2)11-18-8-7-17-10-14(16)9-13-5-3-4-6-15(13)17/h3-6,12,14H,7-11,16H2,1-2H3. The van der Waals surface area contributed by atoms with E-state index in [9.17, 15) is 0 Å². The molecule has 0 fully saturated rings. The molecule has 100 valence electrons. The summed E-state index contributed by atoms with van der Waals surface area (Å²) in [5, 5.41) is 0. The number of ether oxygens (including phenoxy) is 1. The van der Waals surface area contributed by atoms with Crippen LogP contribution in [0.2, 0.25) is 0 Å². The summed E-state index contributed by atoms with van der Waals surface area (Å²) in [6.07, 6.45) is 0.986. The van der Waals surface area contributed by atoms with Gasteiger partial charge >= 0.3 is 0 Å². The zero-order chi connectivity index (χ0) is 13.0. The van der Waals surface area contributed by atoms with E-state index in [-0.39, 0.29) is 6.04 Å². The number of anilines is 1. The Bertz CT molecular complexity index is 379. The summed E-state index contributed by atoms with van der Waals surface area (Å²) in [6.45, 7) is 7.82. The monoisotopic (exact) mass is 248 g/mol. The van der Waals surface area contributed by atoms with E-state index in [4.69, 9.17) is 10.5 Å². The maximum atomic E-state index is 6.11. The Kier molecular flexibility index (Phi) is 4.61. The molecule has 1 aliphatic heterocycles. The normalized spacial score (nSPS) is 19.1. The molecule has 0 bridgehead atoms. The molecular formula is C15H24N2O. The van der Waals surface area contributed by atoms with Gasteiger partial charge in [0.25, 0.3) is 0 Å². The Morgan fingerprint density at radius 1 is 1.39 bits per heavy atom. The Morgan fingerprint density at radius 3 is 2.94 bits per heavy atom. The van der Waals surface area contributed by atoms with E-state index >= 15 is 0 Å². The van der Waals surface area contributed by atoms with Crippen molar-refractivity contribution in [2.45, 2.75) is 26.3 Å². The minimum atomic E-state index is 0.241. The fraction of sp³-hybridized carbons (Fsp3) is 0.600. The predicted molar refractivity (Wildman–Crippen MR) is 76.0 cm³/mol. The average Bonchev–Trinajstić information content (AvgIpc) is 2.34. The highest BCUT2D eigenvalue weighted by Crippen LogP contribution is 2.25. The highest BCUT2D eigenvalue weighted by atomic mass is 16.5. The third kappa shape index (κ3) is 3.47. The molecule has 3 heteroatoms. The zero-order valence-electron chi connectivity index (χ0n) is 11.4. The molecule has 18 heavy (non-hydrogen) atoms. The van der Waals surface area contributed by atoms with Gasteiger partial charge in [0.05, 0.1) is 6.61 Å². The lowest BCUT2D eigenvalue weighted by Crippen LogP contribution is -2.44. The highest BCUT2D eigenvalue weighted by molar-refractivity contribution is 5.56. The Morgan fingerprint density at radius 2 is 2.17 bits per heavy atom. The van der Waals surface area contributed by atoms with Crippen LogP contribution in [0, 0.1) is 5.92 Å². The van der Waals surface area contributed by atoms with E-state index in [0.717, 1.165) is 32.7 Å². The average molecular weight is 248 g/mol. The van der Waals surface area contributed by atoms with Crippen LogP contribution in [-0.2, 0) is 11.2 Å². The number of nitrogens with zero attached hydrogens (tertiary/aromatic N) is 1. The van der Waals surface area contributed by atoms with Crippen molar-refractivity contribution in [3.05, 3.63) is 29.8 Å². The number of benzene rings is 1. The quantitative estimate of drug-likeness (QED) is 0.811. The lowest BCUT2D eigenvalue weighted by atomic mass is 9.98. The smallest absolute Gasteiger partial charge is 0.0641 e. The molecule has 0 saturated carbocycles. The first-order chi connectivity index (χ1) is 8.66. The molecule has 0 spiro atoms. The third-order valence-corrected chi connectivity index (χ3v) is 3.23. The van der Waals surface area contributed by atoms with E-state index in [2.05, 4.69) is 43.0 Å². The van der Waals surface area contributed by atoms with Crippen LogP contribution >= 0.6 is 0 Å². The molecule has 1 unspecified atom stereocenters. The Hall–Kier alpha value is -1.06. The van der Waals surface area contributed by atoms with Crippen molar-refractivity contribution in [1.82, 2.24) is 0 Å². The van der Waals surface area contributed by atoms with E-state index < -0.39 is 0 Å². The molecular weight excluding hydrogens is 224 g/mol. The second kappa shape index (κ2) is 6.21. The molecule has 2 N–H and O–H groups in total. The number of nitrogens with two attached hydrogens (primary N) is 1. The second-order valence-corrected chi connectivity index (χ2v) is 5.51. The summed E-state index contributed by atoms with van der Waals surface area (Å²) in [6, 6.07) is 8.78. The molecule has 1 aromatic rings. The lowest BCUT2D eigenvalue weighted by Gasteiger charge is -2.34. The van der Waals surface area contributed by atoms with Crippen LogP contribution in [0.3, 0.4) is 0 Å². The van der Waals surface area contributed by atoms with E-state index in [1.165, 1.54) is 11.3 Å². The summed E-state index contributed by atoms with van der Waals surface area (Å²) < 4.78 is 5.67. The molecule has 0 saturated heterocycles. The van der Waals surface area contributed by atoms with Crippen LogP contribution in [-0.4, -0.2) is 32.3 Å². The molecule has 3 nitrogen and oxygen atoms in total. The largest absolute Gasteiger partial charge is 0.379 e. The molecule has 0 radical (unpaired) electrons. The summed E-state index contributed by atoms with van der Waals surface area (Å²) in [5.41, 5.74) is 8.80. The van der Waals surface area contributed by atoms with Gasteiger partial charge in [-0.25, -0.2) is 0 Å². The molecule has 0 amide bonds. The van der Waals surface area contributed by atoms with Crippen molar-refractivity contribution in [1.29, 1.82) is 0 Å². The second-order valence-electron chi connectivity index (χ2n) is 5.51. The summed E-state index contributed by atoms with van der Waals surface area (Å²) in [4.78, 5) is 2.35. The van der Waals surface area contributed by atoms with Crippen LogP contribution in [0.25, 0.3) is 0 Å². The first-order valence-electron chi connectivity index (χ1n) is 6.83. The van der Waals surface area contributed by atoms with Gasteiger partial charge in [-0.05, 0) is 24.0 Å². The molecule has 1 heterocycles. The molecule has 1 atom stereocenters. The zero-order valence-corrected chi connectivity index (χ0v) is 11.4. The molecule has 1 aromatic carbocycles. The minimum Gasteiger partial charge on any atom is -0.379 e. The van der Waals surface area contributed by atoms with Crippen molar-refractivity contribution in [3.8, 4) is 0 Å². The van der Waals surface area contributed by atoms with Gasteiger partial charge in [-0.15, -0.1) is 0 Å². The van der Waals surface area contributed by atoms with Gasteiger partial charge < -0.3 is 15.4 Å². The molecule has 1 aliphatic rings. The molecule has 0 aliphatic carbocycles. The van der Waals surface area contributed by atoms with Gasteiger partial charge in [0.15, 0.2) is 0 Å². The van der Waals surface area contributed by atoms with Crippen LogP contribution in [0.4, 0.5) is 5.69 Å². The van der Waals surface area contributed by atoms with E-state index in [0.29, 0.717) is 5.92 Å². The SMILES string of the molecule is CC(C)COCCN1CC(N)Cc2ccccc21. The van der Waals surface area contributed by atoms with Gasteiger partial charge in [-0.3, -0.25) is 0 Å². The van der Waals surface area contributed by atoms with Crippen LogP contribution in [0.1, 0.15) is 19.4 Å². The van der Waals surface area contributed by atoms with E-state index in [1.807, 2.05) is 0 Å². The van der Waals surface area contributed by atoms with Crippen molar-refractivity contribution in [2.75, 3.05) is 31.2 Å². The summed E-state index contributed by atoms with van der Waals surface area (Å²) in [5.74, 6) is 0.598. The third-order valence-electron chi connectivity index (χ3n) is 3.23. The Balaban J connectivity index is 1.92. The van der Waals surface area contributed by atoms with Crippen molar-refractivity contribution in [2.24, 2.45) is 11.7 Å². The van der Waals surface area contributed by atoms with Gasteiger partial charge in [0.1, 0.15) is 0 Å². The topological polar surface area (TPSA) is 38.5 Å². The maximum absolute atomic E-state index is 6.11. The van der Waals surface area contributed by atoms with Crippen molar-refractivity contribution >= 4 is 5.69 Å². The summed E-state index contributed by atoms with van der Waals surface area (Å²) in [7, 11) is 0. The molecule has 2 rings (SSSR count).